The fourth-order valence-electron chi connectivity index (χ4n) is 1.55. The van der Waals surface area contributed by atoms with Gasteiger partial charge in [-0.1, -0.05) is 6.92 Å². The van der Waals surface area contributed by atoms with E-state index in [1.165, 1.54) is 5.69 Å². The summed E-state index contributed by atoms with van der Waals surface area (Å²) in [7, 11) is 2.00. The van der Waals surface area contributed by atoms with Crippen molar-refractivity contribution >= 4 is 0 Å². The van der Waals surface area contributed by atoms with E-state index in [1.54, 1.807) is 0 Å². The maximum absolute atomic E-state index is 8.76. The molecular weight excluding hydrogens is 152 g/mol. The largest absolute Gasteiger partial charge is 0.396 e. The number of hydrogen-bond donors (Lipinski definition) is 1. The average Bonchev–Trinajstić information content (AvgIpc) is 2.29. The van der Waals surface area contributed by atoms with E-state index >= 15 is 0 Å². The number of nitrogens with zero attached hydrogens (tertiary/aromatic N) is 2. The number of aromatic nitrogens is 2. The van der Waals surface area contributed by atoms with Crippen LogP contribution in [-0.2, 0) is 19.9 Å². The number of aliphatic hydroxyl groups is 1. The van der Waals surface area contributed by atoms with Crippen LogP contribution in [0.1, 0.15) is 24.1 Å². The molecule has 68 valence electrons. The molecule has 0 aliphatic carbocycles. The summed E-state index contributed by atoms with van der Waals surface area (Å²) >= 11 is 0. The normalized spacial score (nSPS) is 10.7. The quantitative estimate of drug-likeness (QED) is 0.725. The standard InChI is InChI=1S/C9H16N2O/c1-4-8-7(2)10-9(5-6-12)11(8)3/h12H,4-6H2,1-3H3. The van der Waals surface area contributed by atoms with Crippen LogP contribution in [0.5, 0.6) is 0 Å². The van der Waals surface area contributed by atoms with Gasteiger partial charge in [-0.05, 0) is 13.3 Å². The average molecular weight is 168 g/mol. The number of rotatable bonds is 3. The highest BCUT2D eigenvalue weighted by Gasteiger charge is 2.08. The van der Waals surface area contributed by atoms with Crippen LogP contribution in [0, 0.1) is 6.92 Å². The van der Waals surface area contributed by atoms with Crippen molar-refractivity contribution < 1.29 is 5.11 Å². The molecule has 1 N–H and O–H groups in total. The molecule has 0 aliphatic rings. The van der Waals surface area contributed by atoms with Crippen molar-refractivity contribution in [1.82, 2.24) is 9.55 Å². The van der Waals surface area contributed by atoms with Gasteiger partial charge in [0, 0.05) is 19.2 Å². The molecule has 1 aromatic rings. The van der Waals surface area contributed by atoms with E-state index in [9.17, 15) is 0 Å². The summed E-state index contributed by atoms with van der Waals surface area (Å²) in [4.78, 5) is 4.37. The molecule has 0 saturated carbocycles. The number of aliphatic hydroxyl groups excluding tert-OH is 1. The first-order valence-electron chi connectivity index (χ1n) is 4.32. The lowest BCUT2D eigenvalue weighted by Crippen LogP contribution is -2.03. The van der Waals surface area contributed by atoms with Crippen LogP contribution in [0.3, 0.4) is 0 Å². The van der Waals surface area contributed by atoms with Gasteiger partial charge < -0.3 is 9.67 Å². The molecule has 3 heteroatoms. The van der Waals surface area contributed by atoms with Crippen LogP contribution < -0.4 is 0 Å². The van der Waals surface area contributed by atoms with Crippen molar-refractivity contribution in [1.29, 1.82) is 0 Å². The van der Waals surface area contributed by atoms with Crippen molar-refractivity contribution in [3.63, 3.8) is 0 Å². The molecule has 1 rings (SSSR count). The minimum Gasteiger partial charge on any atom is -0.396 e. The second kappa shape index (κ2) is 3.72. The number of hydrogen-bond acceptors (Lipinski definition) is 2. The maximum atomic E-state index is 8.76. The molecule has 0 aliphatic heterocycles. The van der Waals surface area contributed by atoms with Crippen LogP contribution in [0.4, 0.5) is 0 Å². The molecule has 1 aromatic heterocycles. The van der Waals surface area contributed by atoms with Gasteiger partial charge in [-0.3, -0.25) is 0 Å². The third kappa shape index (κ3) is 1.50. The van der Waals surface area contributed by atoms with Gasteiger partial charge in [0.1, 0.15) is 5.82 Å². The predicted octanol–water partition coefficient (Wildman–Crippen LogP) is 0.826. The summed E-state index contributed by atoms with van der Waals surface area (Å²) in [5.41, 5.74) is 2.35. The number of aryl methyl sites for hydroxylation is 1. The minimum absolute atomic E-state index is 0.174. The summed E-state index contributed by atoms with van der Waals surface area (Å²) in [6.07, 6.45) is 1.65. The van der Waals surface area contributed by atoms with E-state index in [2.05, 4.69) is 16.5 Å². The number of imidazole rings is 1. The van der Waals surface area contributed by atoms with Crippen LogP contribution in [0.25, 0.3) is 0 Å². The zero-order valence-electron chi connectivity index (χ0n) is 7.96. The van der Waals surface area contributed by atoms with E-state index in [1.807, 2.05) is 14.0 Å². The summed E-state index contributed by atoms with van der Waals surface area (Å²) in [5.74, 6) is 0.979. The first-order chi connectivity index (χ1) is 5.70. The Morgan fingerprint density at radius 2 is 2.17 bits per heavy atom. The molecule has 0 fully saturated rings. The third-order valence-corrected chi connectivity index (χ3v) is 2.18. The van der Waals surface area contributed by atoms with Crippen molar-refractivity contribution in [2.24, 2.45) is 7.05 Å². The van der Waals surface area contributed by atoms with Gasteiger partial charge in [-0.15, -0.1) is 0 Å². The van der Waals surface area contributed by atoms with Crippen molar-refractivity contribution in [3.8, 4) is 0 Å². The Hall–Kier alpha value is -0.830. The monoisotopic (exact) mass is 168 g/mol. The highest BCUT2D eigenvalue weighted by molar-refractivity contribution is 5.15. The van der Waals surface area contributed by atoms with E-state index in [-0.39, 0.29) is 6.61 Å². The first-order valence-corrected chi connectivity index (χ1v) is 4.32. The molecule has 0 radical (unpaired) electrons. The summed E-state index contributed by atoms with van der Waals surface area (Å²) in [5, 5.41) is 8.76. The predicted molar refractivity (Wildman–Crippen MR) is 48.1 cm³/mol. The van der Waals surface area contributed by atoms with Crippen LogP contribution in [0.15, 0.2) is 0 Å². The topological polar surface area (TPSA) is 38.1 Å². The zero-order chi connectivity index (χ0) is 9.14. The lowest BCUT2D eigenvalue weighted by Gasteiger charge is -2.02. The molecule has 0 atom stereocenters. The Morgan fingerprint density at radius 1 is 1.50 bits per heavy atom. The highest BCUT2D eigenvalue weighted by Crippen LogP contribution is 2.10. The smallest absolute Gasteiger partial charge is 0.111 e. The maximum Gasteiger partial charge on any atom is 0.111 e. The van der Waals surface area contributed by atoms with Gasteiger partial charge in [0.25, 0.3) is 0 Å². The van der Waals surface area contributed by atoms with Gasteiger partial charge in [0.05, 0.1) is 12.3 Å². The molecule has 12 heavy (non-hydrogen) atoms. The van der Waals surface area contributed by atoms with E-state index in [4.69, 9.17) is 5.11 Å². The summed E-state index contributed by atoms with van der Waals surface area (Å²) < 4.78 is 2.07. The zero-order valence-corrected chi connectivity index (χ0v) is 7.96. The van der Waals surface area contributed by atoms with Crippen LogP contribution >= 0.6 is 0 Å². The minimum atomic E-state index is 0.174. The second-order valence-corrected chi connectivity index (χ2v) is 2.95. The molecular formula is C9H16N2O. The molecule has 0 amide bonds. The van der Waals surface area contributed by atoms with Crippen LogP contribution in [0.2, 0.25) is 0 Å². The summed E-state index contributed by atoms with van der Waals surface area (Å²) in [6.45, 7) is 4.31. The van der Waals surface area contributed by atoms with E-state index in [0.717, 1.165) is 17.9 Å². The van der Waals surface area contributed by atoms with Gasteiger partial charge in [-0.2, -0.15) is 0 Å². The Kier molecular flexibility index (Phi) is 2.87. The van der Waals surface area contributed by atoms with Gasteiger partial charge >= 0.3 is 0 Å². The second-order valence-electron chi connectivity index (χ2n) is 2.95. The molecule has 0 bridgehead atoms. The van der Waals surface area contributed by atoms with Crippen molar-refractivity contribution in [3.05, 3.63) is 17.2 Å². The van der Waals surface area contributed by atoms with Crippen molar-refractivity contribution in [2.45, 2.75) is 26.7 Å². The first kappa shape index (κ1) is 9.26. The lowest BCUT2D eigenvalue weighted by molar-refractivity contribution is 0.295. The van der Waals surface area contributed by atoms with Crippen LogP contribution in [-0.4, -0.2) is 21.3 Å². The Labute approximate surface area is 73.1 Å². The third-order valence-electron chi connectivity index (χ3n) is 2.18. The highest BCUT2D eigenvalue weighted by atomic mass is 16.3. The molecule has 0 saturated heterocycles. The fourth-order valence-corrected chi connectivity index (χ4v) is 1.55. The van der Waals surface area contributed by atoms with E-state index < -0.39 is 0 Å². The van der Waals surface area contributed by atoms with E-state index in [0.29, 0.717) is 6.42 Å². The summed E-state index contributed by atoms with van der Waals surface area (Å²) in [6, 6.07) is 0. The molecule has 0 unspecified atom stereocenters. The lowest BCUT2D eigenvalue weighted by atomic mass is 10.3. The van der Waals surface area contributed by atoms with Crippen molar-refractivity contribution in [2.75, 3.05) is 6.61 Å². The molecule has 0 aromatic carbocycles. The van der Waals surface area contributed by atoms with Gasteiger partial charge in [-0.25, -0.2) is 4.98 Å². The van der Waals surface area contributed by atoms with Gasteiger partial charge in [0.15, 0.2) is 0 Å². The molecule has 1 heterocycles. The van der Waals surface area contributed by atoms with Gasteiger partial charge in [0.2, 0.25) is 0 Å². The SMILES string of the molecule is CCc1c(C)nc(CCO)n1C. The fraction of sp³-hybridized carbons (Fsp3) is 0.667. The molecule has 0 spiro atoms. The Morgan fingerprint density at radius 3 is 2.58 bits per heavy atom. The Bertz CT molecular complexity index is 266. The Balaban J connectivity index is 3.00. The molecule has 3 nitrogen and oxygen atoms in total.